The fraction of sp³-hybridized carbons (Fsp3) is 0.364. The predicted octanol–water partition coefficient (Wildman–Crippen LogP) is 3.08. The first-order valence-corrected chi connectivity index (χ1v) is 9.43. The molecule has 2 aromatic carbocycles. The third kappa shape index (κ3) is 5.41. The molecule has 1 aliphatic heterocycles. The zero-order valence-corrected chi connectivity index (χ0v) is 16.0. The van der Waals surface area contributed by atoms with Crippen molar-refractivity contribution in [3.63, 3.8) is 0 Å². The summed E-state index contributed by atoms with van der Waals surface area (Å²) in [6, 6.07) is 18.4. The molecule has 0 aliphatic carbocycles. The highest BCUT2D eigenvalue weighted by Crippen LogP contribution is 2.10. The summed E-state index contributed by atoms with van der Waals surface area (Å²) in [5, 5.41) is 4.01. The molecular weight excluding hydrogens is 338 g/mol. The zero-order valence-electron chi connectivity index (χ0n) is 16.0. The fourth-order valence-corrected chi connectivity index (χ4v) is 3.18. The SMILES string of the molecule is Cc1ccccc1/C=N\O[C@H](C)C(=O)N1CCN(Cc2ccccc2)CC1. The van der Waals surface area contributed by atoms with E-state index in [0.29, 0.717) is 0 Å². The minimum atomic E-state index is -0.578. The number of rotatable bonds is 6. The van der Waals surface area contributed by atoms with E-state index in [9.17, 15) is 4.79 Å². The van der Waals surface area contributed by atoms with E-state index in [4.69, 9.17) is 4.84 Å². The summed E-state index contributed by atoms with van der Waals surface area (Å²) in [5.41, 5.74) is 3.42. The molecule has 0 radical (unpaired) electrons. The molecule has 0 N–H and O–H groups in total. The molecule has 0 spiro atoms. The number of nitrogens with zero attached hydrogens (tertiary/aromatic N) is 3. The van der Waals surface area contributed by atoms with E-state index in [1.165, 1.54) is 5.56 Å². The van der Waals surface area contributed by atoms with Crippen LogP contribution < -0.4 is 0 Å². The van der Waals surface area contributed by atoms with Crippen molar-refractivity contribution in [1.29, 1.82) is 0 Å². The Balaban J connectivity index is 1.45. The van der Waals surface area contributed by atoms with Crippen molar-refractivity contribution >= 4 is 12.1 Å². The fourth-order valence-electron chi connectivity index (χ4n) is 3.18. The molecule has 0 saturated carbocycles. The Hall–Kier alpha value is -2.66. The van der Waals surface area contributed by atoms with Crippen LogP contribution in [-0.4, -0.2) is 54.2 Å². The maximum absolute atomic E-state index is 12.6. The standard InChI is InChI=1S/C22H27N3O2/c1-18-8-6-7-11-21(18)16-23-27-19(2)22(26)25-14-12-24(13-15-25)17-20-9-4-3-5-10-20/h3-11,16,19H,12-15,17H2,1-2H3/b23-16-/t19-/m1/s1. The Labute approximate surface area is 161 Å². The Bertz CT molecular complexity index is 768. The molecule has 1 saturated heterocycles. The highest BCUT2D eigenvalue weighted by Gasteiger charge is 2.26. The molecule has 0 aromatic heterocycles. The van der Waals surface area contributed by atoms with Gasteiger partial charge in [-0.1, -0.05) is 59.8 Å². The second kappa shape index (κ2) is 9.33. The molecule has 3 rings (SSSR count). The van der Waals surface area contributed by atoms with Crippen LogP contribution in [0.1, 0.15) is 23.6 Å². The Morgan fingerprint density at radius 3 is 2.44 bits per heavy atom. The van der Waals surface area contributed by atoms with Gasteiger partial charge < -0.3 is 9.74 Å². The van der Waals surface area contributed by atoms with Crippen LogP contribution in [0.3, 0.4) is 0 Å². The summed E-state index contributed by atoms with van der Waals surface area (Å²) in [4.78, 5) is 22.2. The molecule has 2 aromatic rings. The second-order valence-corrected chi connectivity index (χ2v) is 6.93. The Morgan fingerprint density at radius 2 is 1.74 bits per heavy atom. The van der Waals surface area contributed by atoms with E-state index < -0.39 is 6.10 Å². The number of carbonyl (C=O) groups is 1. The molecule has 5 nitrogen and oxygen atoms in total. The van der Waals surface area contributed by atoms with Crippen molar-refractivity contribution in [2.45, 2.75) is 26.5 Å². The number of carbonyl (C=O) groups excluding carboxylic acids is 1. The number of aryl methyl sites for hydroxylation is 1. The van der Waals surface area contributed by atoms with Gasteiger partial charge in [0.15, 0.2) is 0 Å². The molecule has 5 heteroatoms. The lowest BCUT2D eigenvalue weighted by Crippen LogP contribution is -2.50. The largest absolute Gasteiger partial charge is 0.383 e. The van der Waals surface area contributed by atoms with Crippen molar-refractivity contribution in [3.05, 3.63) is 71.3 Å². The smallest absolute Gasteiger partial charge is 0.266 e. The van der Waals surface area contributed by atoms with Crippen LogP contribution in [0.4, 0.5) is 0 Å². The van der Waals surface area contributed by atoms with Crippen molar-refractivity contribution < 1.29 is 9.63 Å². The Morgan fingerprint density at radius 1 is 1.07 bits per heavy atom. The van der Waals surface area contributed by atoms with Crippen LogP contribution >= 0.6 is 0 Å². The molecular formula is C22H27N3O2. The molecule has 1 heterocycles. The molecule has 27 heavy (non-hydrogen) atoms. The third-order valence-electron chi connectivity index (χ3n) is 4.88. The van der Waals surface area contributed by atoms with Crippen LogP contribution in [0, 0.1) is 6.92 Å². The number of piperazine rings is 1. The maximum Gasteiger partial charge on any atom is 0.266 e. The van der Waals surface area contributed by atoms with E-state index in [2.05, 4.69) is 34.3 Å². The first-order valence-electron chi connectivity index (χ1n) is 9.43. The lowest BCUT2D eigenvalue weighted by molar-refractivity contribution is -0.144. The molecule has 1 fully saturated rings. The van der Waals surface area contributed by atoms with Gasteiger partial charge >= 0.3 is 0 Å². The summed E-state index contributed by atoms with van der Waals surface area (Å²) in [6.07, 6.45) is 1.09. The minimum absolute atomic E-state index is 0.00343. The number of hydrogen-bond acceptors (Lipinski definition) is 4. The quantitative estimate of drug-likeness (QED) is 0.584. The van der Waals surface area contributed by atoms with Gasteiger partial charge in [-0.3, -0.25) is 9.69 Å². The number of amides is 1. The lowest BCUT2D eigenvalue weighted by Gasteiger charge is -2.35. The van der Waals surface area contributed by atoms with Gasteiger partial charge in [-0.05, 0) is 30.5 Å². The van der Waals surface area contributed by atoms with E-state index in [-0.39, 0.29) is 5.91 Å². The number of hydrogen-bond donors (Lipinski definition) is 0. The van der Waals surface area contributed by atoms with Gasteiger partial charge in [-0.25, -0.2) is 0 Å². The minimum Gasteiger partial charge on any atom is -0.383 e. The van der Waals surface area contributed by atoms with Gasteiger partial charge in [0, 0.05) is 32.7 Å². The van der Waals surface area contributed by atoms with Crippen LogP contribution in [0.25, 0.3) is 0 Å². The van der Waals surface area contributed by atoms with E-state index in [0.717, 1.165) is 43.9 Å². The van der Waals surface area contributed by atoms with E-state index >= 15 is 0 Å². The predicted molar refractivity (Wildman–Crippen MR) is 108 cm³/mol. The topological polar surface area (TPSA) is 45.1 Å². The third-order valence-corrected chi connectivity index (χ3v) is 4.88. The average Bonchev–Trinajstić information content (AvgIpc) is 2.70. The Kier molecular flexibility index (Phi) is 6.60. The molecule has 1 aliphatic rings. The van der Waals surface area contributed by atoms with Crippen LogP contribution in [-0.2, 0) is 16.2 Å². The highest BCUT2D eigenvalue weighted by molar-refractivity contribution is 5.82. The van der Waals surface area contributed by atoms with Crippen LogP contribution in [0.15, 0.2) is 59.8 Å². The second-order valence-electron chi connectivity index (χ2n) is 6.93. The first kappa shape index (κ1) is 19.1. The average molecular weight is 365 g/mol. The molecule has 142 valence electrons. The molecule has 0 unspecified atom stereocenters. The van der Waals surface area contributed by atoms with Crippen molar-refractivity contribution in [1.82, 2.24) is 9.80 Å². The number of benzene rings is 2. The van der Waals surface area contributed by atoms with Gasteiger partial charge in [0.05, 0.1) is 6.21 Å². The number of oxime groups is 1. The monoisotopic (exact) mass is 365 g/mol. The highest BCUT2D eigenvalue weighted by atomic mass is 16.6. The van der Waals surface area contributed by atoms with E-state index in [1.807, 2.05) is 42.2 Å². The van der Waals surface area contributed by atoms with Gasteiger partial charge in [0.2, 0.25) is 6.10 Å². The van der Waals surface area contributed by atoms with Crippen LogP contribution in [0.5, 0.6) is 0 Å². The van der Waals surface area contributed by atoms with Crippen molar-refractivity contribution in [2.24, 2.45) is 5.16 Å². The summed E-state index contributed by atoms with van der Waals surface area (Å²) in [7, 11) is 0. The van der Waals surface area contributed by atoms with Crippen molar-refractivity contribution in [2.75, 3.05) is 26.2 Å². The molecule has 1 atom stereocenters. The molecule has 1 amide bonds. The van der Waals surface area contributed by atoms with Gasteiger partial charge in [-0.15, -0.1) is 0 Å². The molecule has 0 bridgehead atoms. The zero-order chi connectivity index (χ0) is 19.1. The first-order chi connectivity index (χ1) is 13.1. The van der Waals surface area contributed by atoms with Crippen molar-refractivity contribution in [3.8, 4) is 0 Å². The van der Waals surface area contributed by atoms with E-state index in [1.54, 1.807) is 13.1 Å². The lowest BCUT2D eigenvalue weighted by atomic mass is 10.1. The summed E-state index contributed by atoms with van der Waals surface area (Å²) in [6.45, 7) is 7.90. The maximum atomic E-state index is 12.6. The van der Waals surface area contributed by atoms with Gasteiger partial charge in [0.1, 0.15) is 0 Å². The summed E-state index contributed by atoms with van der Waals surface area (Å²) in [5.74, 6) is -0.00343. The van der Waals surface area contributed by atoms with Crippen LogP contribution in [0.2, 0.25) is 0 Å². The van der Waals surface area contributed by atoms with Gasteiger partial charge in [-0.2, -0.15) is 0 Å². The normalized spacial score (nSPS) is 16.4. The summed E-state index contributed by atoms with van der Waals surface area (Å²) >= 11 is 0. The van der Waals surface area contributed by atoms with Gasteiger partial charge in [0.25, 0.3) is 5.91 Å². The summed E-state index contributed by atoms with van der Waals surface area (Å²) < 4.78 is 0.